The first-order valence-corrected chi connectivity index (χ1v) is 11.2. The van der Waals surface area contributed by atoms with Crippen LogP contribution in [0, 0.1) is 0 Å². The van der Waals surface area contributed by atoms with E-state index in [1.165, 1.54) is 29.5 Å². The number of thiophene rings is 1. The fraction of sp³-hybridized carbons (Fsp3) is 0.320. The molecule has 4 nitrogen and oxygen atoms in total. The normalized spacial score (nSPS) is 12.3. The van der Waals surface area contributed by atoms with E-state index in [1.807, 2.05) is 11.4 Å². The number of aliphatic hydroxyl groups excluding tert-OH is 1. The number of aliphatic hydroxyl groups is 1. The van der Waals surface area contributed by atoms with Crippen molar-refractivity contribution in [2.75, 3.05) is 33.3 Å². The highest BCUT2D eigenvalue weighted by Gasteiger charge is 2.03. The van der Waals surface area contributed by atoms with Crippen LogP contribution in [0.2, 0.25) is 0 Å². The molecule has 1 aliphatic rings. The topological polar surface area (TPSA) is 66.6 Å². The highest BCUT2D eigenvalue weighted by Crippen LogP contribution is 2.27. The number of nitrogens with two attached hydrogens (primary N) is 1. The van der Waals surface area contributed by atoms with Crippen LogP contribution in [0.25, 0.3) is 16.7 Å². The van der Waals surface area contributed by atoms with Gasteiger partial charge >= 0.3 is 0 Å². The maximum Gasteiger partial charge on any atom is 0.160 e. The molecular weight excluding hydrogens is 392 g/mol. The summed E-state index contributed by atoms with van der Waals surface area (Å²) in [6.07, 6.45) is 12.6. The van der Waals surface area contributed by atoms with Gasteiger partial charge in [-0.25, -0.2) is 0 Å². The molecule has 0 saturated heterocycles. The molecule has 1 aromatic carbocycles. The average molecular weight is 427 g/mol. The molecule has 0 aliphatic heterocycles. The van der Waals surface area contributed by atoms with Gasteiger partial charge in [-0.2, -0.15) is 0 Å². The smallest absolute Gasteiger partial charge is 0.160 e. The molecule has 0 amide bonds. The van der Waals surface area contributed by atoms with E-state index in [2.05, 4.69) is 79.1 Å². The summed E-state index contributed by atoms with van der Waals surface area (Å²) in [5.74, 6) is 0. The first-order valence-electron chi connectivity index (χ1n) is 10.3. The largest absolute Gasteiger partial charge is 0.395 e. The number of likely N-dealkylation sites (N-methyl/N-ethyl adjacent to an activating group) is 1. The minimum absolute atomic E-state index is 0.279. The SMILES string of the molecule is CCN(CC)CCO.CN.O=Cc1cc(-c2ccc(C3=CC=CCC=C3)cc2)cs1. The van der Waals surface area contributed by atoms with Gasteiger partial charge in [0.15, 0.2) is 6.29 Å². The Kier molecular flexibility index (Phi) is 13.3. The van der Waals surface area contributed by atoms with Gasteiger partial charge < -0.3 is 15.7 Å². The van der Waals surface area contributed by atoms with Crippen molar-refractivity contribution in [2.45, 2.75) is 20.3 Å². The molecule has 30 heavy (non-hydrogen) atoms. The summed E-state index contributed by atoms with van der Waals surface area (Å²) in [6.45, 7) is 7.36. The van der Waals surface area contributed by atoms with Gasteiger partial charge in [0.05, 0.1) is 11.5 Å². The van der Waals surface area contributed by atoms with Crippen LogP contribution in [0.15, 0.2) is 66.1 Å². The molecule has 0 unspecified atom stereocenters. The average Bonchev–Trinajstić information content (AvgIpc) is 3.13. The van der Waals surface area contributed by atoms with Crippen molar-refractivity contribution >= 4 is 23.2 Å². The maximum absolute atomic E-state index is 10.7. The van der Waals surface area contributed by atoms with E-state index in [1.54, 1.807) is 0 Å². The van der Waals surface area contributed by atoms with Gasteiger partial charge in [-0.3, -0.25) is 4.79 Å². The lowest BCUT2D eigenvalue weighted by molar-refractivity contribution is 0.112. The zero-order valence-electron chi connectivity index (χ0n) is 18.3. The molecular formula is C25H34N2O2S. The van der Waals surface area contributed by atoms with Gasteiger partial charge in [0, 0.05) is 6.54 Å². The van der Waals surface area contributed by atoms with Crippen molar-refractivity contribution in [3.63, 3.8) is 0 Å². The molecule has 0 spiro atoms. The van der Waals surface area contributed by atoms with E-state index in [9.17, 15) is 4.79 Å². The van der Waals surface area contributed by atoms with Crippen LogP contribution in [0.3, 0.4) is 0 Å². The number of aldehydes is 1. The van der Waals surface area contributed by atoms with Crippen LogP contribution < -0.4 is 5.73 Å². The number of benzene rings is 1. The Morgan fingerprint density at radius 2 is 1.73 bits per heavy atom. The first-order chi connectivity index (χ1) is 14.7. The second-order valence-electron chi connectivity index (χ2n) is 6.37. The lowest BCUT2D eigenvalue weighted by atomic mass is 10.0. The van der Waals surface area contributed by atoms with Crippen molar-refractivity contribution in [2.24, 2.45) is 5.73 Å². The third kappa shape index (κ3) is 8.59. The van der Waals surface area contributed by atoms with Crippen LogP contribution in [0.5, 0.6) is 0 Å². The zero-order valence-corrected chi connectivity index (χ0v) is 19.1. The number of carbonyl (C=O) groups excluding carboxylic acids is 1. The first kappa shape index (κ1) is 25.7. The standard InChI is InChI=1S/C18H14OS.C6H15NO.CH5N/c19-12-18-11-17(13-20-18)16-9-7-15(8-10-16)14-5-3-1-2-4-6-14;1-3-7(4-2)5-6-8;1-2/h1,3-13H,2H2;8H,3-6H2,1-2H3;2H2,1H3. The molecule has 0 fully saturated rings. The summed E-state index contributed by atoms with van der Waals surface area (Å²) >= 11 is 1.48. The summed E-state index contributed by atoms with van der Waals surface area (Å²) in [5.41, 5.74) is 9.19. The van der Waals surface area contributed by atoms with Gasteiger partial charge in [-0.1, -0.05) is 68.5 Å². The van der Waals surface area contributed by atoms with E-state index in [0.717, 1.165) is 48.3 Å². The Hall–Kier alpha value is -2.31. The molecule has 3 N–H and O–H groups in total. The minimum Gasteiger partial charge on any atom is -0.395 e. The van der Waals surface area contributed by atoms with E-state index >= 15 is 0 Å². The van der Waals surface area contributed by atoms with Gasteiger partial charge in [-0.05, 0) is 60.3 Å². The Bertz CT molecular complexity index is 816. The monoisotopic (exact) mass is 426 g/mol. The van der Waals surface area contributed by atoms with Crippen molar-refractivity contribution in [1.82, 2.24) is 4.90 Å². The van der Waals surface area contributed by atoms with Crippen molar-refractivity contribution in [3.8, 4) is 11.1 Å². The molecule has 5 heteroatoms. The van der Waals surface area contributed by atoms with Crippen LogP contribution in [0.1, 0.15) is 35.5 Å². The van der Waals surface area contributed by atoms with Crippen LogP contribution >= 0.6 is 11.3 Å². The second-order valence-corrected chi connectivity index (χ2v) is 7.31. The number of hydrogen-bond donors (Lipinski definition) is 2. The molecule has 0 bridgehead atoms. The fourth-order valence-electron chi connectivity index (χ4n) is 2.87. The molecule has 0 saturated carbocycles. The van der Waals surface area contributed by atoms with Crippen molar-refractivity contribution in [3.05, 3.63) is 76.5 Å². The quantitative estimate of drug-likeness (QED) is 0.610. The third-order valence-electron chi connectivity index (χ3n) is 4.58. The number of carbonyl (C=O) groups is 1. The molecule has 1 aromatic heterocycles. The zero-order chi connectivity index (χ0) is 22.2. The third-order valence-corrected chi connectivity index (χ3v) is 5.44. The molecule has 3 rings (SSSR count). The van der Waals surface area contributed by atoms with Crippen molar-refractivity contribution < 1.29 is 9.90 Å². The predicted molar refractivity (Wildman–Crippen MR) is 131 cm³/mol. The highest BCUT2D eigenvalue weighted by atomic mass is 32.1. The lowest BCUT2D eigenvalue weighted by Gasteiger charge is -2.15. The minimum atomic E-state index is 0.279. The Balaban J connectivity index is 0.000000383. The summed E-state index contributed by atoms with van der Waals surface area (Å²) in [7, 11) is 1.50. The number of hydrogen-bond acceptors (Lipinski definition) is 5. The molecule has 0 radical (unpaired) electrons. The second kappa shape index (κ2) is 15.5. The van der Waals surface area contributed by atoms with Crippen LogP contribution in [0.4, 0.5) is 0 Å². The number of nitrogens with zero attached hydrogens (tertiary/aromatic N) is 1. The Morgan fingerprint density at radius 1 is 1.07 bits per heavy atom. The Morgan fingerprint density at radius 3 is 2.27 bits per heavy atom. The Labute approximate surface area is 185 Å². The lowest BCUT2D eigenvalue weighted by Crippen LogP contribution is -2.25. The van der Waals surface area contributed by atoms with Crippen molar-refractivity contribution in [1.29, 1.82) is 0 Å². The van der Waals surface area contributed by atoms with E-state index in [4.69, 9.17) is 5.11 Å². The maximum atomic E-state index is 10.7. The number of rotatable bonds is 7. The number of allylic oxidation sites excluding steroid dienone is 6. The molecule has 162 valence electrons. The predicted octanol–water partition coefficient (Wildman–Crippen LogP) is 5.02. The fourth-order valence-corrected chi connectivity index (χ4v) is 3.59. The van der Waals surface area contributed by atoms with E-state index in [0.29, 0.717) is 0 Å². The van der Waals surface area contributed by atoms with Crippen LogP contribution in [-0.2, 0) is 0 Å². The van der Waals surface area contributed by atoms with E-state index < -0.39 is 0 Å². The van der Waals surface area contributed by atoms with Gasteiger partial charge in [0.25, 0.3) is 0 Å². The molecule has 1 heterocycles. The molecule has 2 aromatic rings. The highest BCUT2D eigenvalue weighted by molar-refractivity contribution is 7.12. The van der Waals surface area contributed by atoms with Crippen LogP contribution in [-0.4, -0.2) is 49.6 Å². The van der Waals surface area contributed by atoms with E-state index in [-0.39, 0.29) is 6.61 Å². The summed E-state index contributed by atoms with van der Waals surface area (Å²) < 4.78 is 0. The summed E-state index contributed by atoms with van der Waals surface area (Å²) in [6, 6.07) is 10.4. The molecule has 0 atom stereocenters. The summed E-state index contributed by atoms with van der Waals surface area (Å²) in [5, 5.41) is 10.5. The van der Waals surface area contributed by atoms with Gasteiger partial charge in [-0.15, -0.1) is 11.3 Å². The molecule has 1 aliphatic carbocycles. The van der Waals surface area contributed by atoms with Gasteiger partial charge in [0.1, 0.15) is 0 Å². The van der Waals surface area contributed by atoms with Gasteiger partial charge in [0.2, 0.25) is 0 Å². The summed E-state index contributed by atoms with van der Waals surface area (Å²) in [4.78, 5) is 13.7.